The van der Waals surface area contributed by atoms with Crippen LogP contribution in [0.1, 0.15) is 439 Å². The second kappa shape index (κ2) is 78.2. The van der Waals surface area contributed by atoms with Crippen molar-refractivity contribution in [3.8, 4) is 0 Å². The second-order valence-corrected chi connectivity index (χ2v) is 33.6. The lowest BCUT2D eigenvalue weighted by Crippen LogP contribution is -2.30. The van der Waals surface area contributed by atoms with Crippen molar-refractivity contribution in [1.29, 1.82) is 0 Å². The van der Waals surface area contributed by atoms with Crippen molar-refractivity contribution in [3.63, 3.8) is 0 Å². The average molecular weight is 1530 g/mol. The summed E-state index contributed by atoms with van der Waals surface area (Å²) in [6.07, 6.45) is 74.4. The third-order valence-electron chi connectivity index (χ3n) is 19.7. The molecule has 0 saturated carbocycles. The van der Waals surface area contributed by atoms with E-state index in [1.165, 1.54) is 250 Å². The summed E-state index contributed by atoms with van der Waals surface area (Å²) in [5, 5.41) is 10.7. The lowest BCUT2D eigenvalue weighted by molar-refractivity contribution is -0.161. The zero-order valence-electron chi connectivity index (χ0n) is 68.4. The van der Waals surface area contributed by atoms with Crippen LogP contribution in [0.5, 0.6) is 0 Å². The van der Waals surface area contributed by atoms with E-state index in [-0.39, 0.29) is 25.7 Å². The molecular weight excluding hydrogens is 1370 g/mol. The van der Waals surface area contributed by atoms with Crippen molar-refractivity contribution in [2.75, 3.05) is 39.6 Å². The van der Waals surface area contributed by atoms with Crippen LogP contribution in [0.3, 0.4) is 0 Å². The van der Waals surface area contributed by atoms with Gasteiger partial charge in [-0.2, -0.15) is 0 Å². The number of unbranched alkanes of at least 4 members (excludes halogenated alkanes) is 53. The molecule has 0 aromatic rings. The fourth-order valence-corrected chi connectivity index (χ4v) is 14.5. The molecule has 0 aliphatic heterocycles. The zero-order valence-corrected chi connectivity index (χ0v) is 70.1. The number of aliphatic hydroxyl groups is 1. The molecule has 0 rings (SSSR count). The fraction of sp³-hybridized carbons (Fsp3) is 0.907. The number of hydrogen-bond donors (Lipinski definition) is 3. The summed E-state index contributed by atoms with van der Waals surface area (Å²) in [7, 11) is -9.94. The molecule has 0 heterocycles. The Morgan fingerprint density at radius 3 is 0.781 bits per heavy atom. The predicted molar refractivity (Wildman–Crippen MR) is 432 cm³/mol. The standard InChI is InChI=1S/C86H164O17P2/c1-6-9-12-15-18-21-24-26-28-29-30-31-32-38-42-47-52-57-62-67-72-86(91)103-82(76-97-84(89)70-65-60-55-50-45-40-37-34-33-36-39-44-48-53-58-63-68-79(4)5)78-101-105(94,95)99-74-80(87)73-98-104(92,93)100-77-81(75-96-83(88)69-64-59-54-49-43-23-20-17-14-11-8-3)102-85(90)71-66-61-56-51-46-41-35-27-25-22-19-16-13-10-7-2/h22,25,27,35,79-82,87H,6-21,23-24,26,28-34,36-78H2,1-5H3,(H,92,93)(H,94,95)/b25-22-,35-27-/t80-,81+,82+/m0/s1. The van der Waals surface area contributed by atoms with E-state index in [4.69, 9.17) is 37.0 Å². The molecule has 0 saturated heterocycles. The highest BCUT2D eigenvalue weighted by Gasteiger charge is 2.30. The Hall–Kier alpha value is -2.46. The van der Waals surface area contributed by atoms with E-state index in [2.05, 4.69) is 58.9 Å². The monoisotopic (exact) mass is 1530 g/mol. The molecule has 105 heavy (non-hydrogen) atoms. The Morgan fingerprint density at radius 2 is 0.514 bits per heavy atom. The number of rotatable bonds is 84. The van der Waals surface area contributed by atoms with E-state index in [0.717, 1.165) is 109 Å². The summed E-state index contributed by atoms with van der Waals surface area (Å²) in [6, 6.07) is 0. The van der Waals surface area contributed by atoms with E-state index in [9.17, 15) is 43.2 Å². The number of carbonyl (C=O) groups excluding carboxylic acids is 4. The van der Waals surface area contributed by atoms with Gasteiger partial charge in [0.25, 0.3) is 0 Å². The van der Waals surface area contributed by atoms with Crippen molar-refractivity contribution in [1.82, 2.24) is 0 Å². The van der Waals surface area contributed by atoms with Gasteiger partial charge in [0.15, 0.2) is 12.2 Å². The molecule has 19 heteroatoms. The summed E-state index contributed by atoms with van der Waals surface area (Å²) in [5.41, 5.74) is 0. The SMILES string of the molecule is CCCCCC/C=C\C=C/CCCCCCCC(=O)O[C@H](COC(=O)CCCCCCCCCCCCC)COP(=O)(O)OC[C@H](O)COP(=O)(O)OC[C@@H](COC(=O)CCCCCCCCCCCCCCCCCCC(C)C)OC(=O)CCCCCCCCCCCCCCCCCCCCCC. The second-order valence-electron chi connectivity index (χ2n) is 30.7. The first-order chi connectivity index (χ1) is 51.0. The highest BCUT2D eigenvalue weighted by molar-refractivity contribution is 7.47. The maximum atomic E-state index is 13.1. The first kappa shape index (κ1) is 103. The van der Waals surface area contributed by atoms with Gasteiger partial charge in [-0.1, -0.05) is 386 Å². The van der Waals surface area contributed by atoms with Crippen LogP contribution in [0.4, 0.5) is 0 Å². The maximum absolute atomic E-state index is 13.1. The normalized spacial score (nSPS) is 13.9. The van der Waals surface area contributed by atoms with Crippen molar-refractivity contribution >= 4 is 39.5 Å². The first-order valence-electron chi connectivity index (χ1n) is 44.0. The molecule has 0 spiro atoms. The molecule has 2 unspecified atom stereocenters. The lowest BCUT2D eigenvalue weighted by Gasteiger charge is -2.21. The Balaban J connectivity index is 5.27. The van der Waals surface area contributed by atoms with Gasteiger partial charge in [-0.15, -0.1) is 0 Å². The summed E-state index contributed by atoms with van der Waals surface area (Å²) < 4.78 is 68.8. The molecule has 0 aliphatic rings. The third-order valence-corrected chi connectivity index (χ3v) is 21.6. The van der Waals surface area contributed by atoms with E-state index >= 15 is 0 Å². The molecular formula is C86H164O17P2. The van der Waals surface area contributed by atoms with Crippen molar-refractivity contribution < 1.29 is 80.2 Å². The number of ether oxygens (including phenoxy) is 4. The predicted octanol–water partition coefficient (Wildman–Crippen LogP) is 25.9. The molecule has 0 aliphatic carbocycles. The molecule has 5 atom stereocenters. The number of phosphoric ester groups is 2. The topological polar surface area (TPSA) is 237 Å². The van der Waals surface area contributed by atoms with Crippen LogP contribution in [-0.4, -0.2) is 96.7 Å². The number of allylic oxidation sites excluding steroid dienone is 4. The van der Waals surface area contributed by atoms with Crippen LogP contribution in [0.25, 0.3) is 0 Å². The van der Waals surface area contributed by atoms with Crippen LogP contribution in [0.15, 0.2) is 24.3 Å². The van der Waals surface area contributed by atoms with Gasteiger partial charge in [-0.25, -0.2) is 9.13 Å². The molecule has 0 bridgehead atoms. The summed E-state index contributed by atoms with van der Waals surface area (Å²) in [5.74, 6) is -1.32. The van der Waals surface area contributed by atoms with Gasteiger partial charge >= 0.3 is 39.5 Å². The molecule has 0 aromatic heterocycles. The largest absolute Gasteiger partial charge is 0.472 e. The van der Waals surface area contributed by atoms with Crippen LogP contribution in [0, 0.1) is 5.92 Å². The Morgan fingerprint density at radius 1 is 0.295 bits per heavy atom. The van der Waals surface area contributed by atoms with Crippen LogP contribution >= 0.6 is 15.6 Å². The summed E-state index contributed by atoms with van der Waals surface area (Å²) >= 11 is 0. The Bertz CT molecular complexity index is 2090. The van der Waals surface area contributed by atoms with Gasteiger partial charge in [-0.05, 0) is 57.3 Å². The molecule has 0 amide bonds. The zero-order chi connectivity index (χ0) is 76.9. The van der Waals surface area contributed by atoms with E-state index in [1.807, 2.05) is 0 Å². The van der Waals surface area contributed by atoms with Crippen LogP contribution in [-0.2, 0) is 65.4 Å². The van der Waals surface area contributed by atoms with Gasteiger partial charge in [0.2, 0.25) is 0 Å². The fourth-order valence-electron chi connectivity index (χ4n) is 12.9. The average Bonchev–Trinajstić information content (AvgIpc) is 0.915. The third kappa shape index (κ3) is 79.4. The molecule has 0 aromatic carbocycles. The summed E-state index contributed by atoms with van der Waals surface area (Å²) in [4.78, 5) is 73.2. The summed E-state index contributed by atoms with van der Waals surface area (Å²) in [6.45, 7) is 7.32. The number of carbonyl (C=O) groups is 4. The van der Waals surface area contributed by atoms with Gasteiger partial charge in [0.05, 0.1) is 26.4 Å². The minimum Gasteiger partial charge on any atom is -0.462 e. The van der Waals surface area contributed by atoms with Gasteiger partial charge in [0, 0.05) is 25.7 Å². The van der Waals surface area contributed by atoms with E-state index < -0.39 is 97.5 Å². The first-order valence-corrected chi connectivity index (χ1v) is 46.9. The number of esters is 4. The molecule has 17 nitrogen and oxygen atoms in total. The molecule has 620 valence electrons. The molecule has 0 radical (unpaired) electrons. The molecule has 0 fully saturated rings. The van der Waals surface area contributed by atoms with Crippen molar-refractivity contribution in [2.24, 2.45) is 5.92 Å². The number of aliphatic hydroxyl groups excluding tert-OH is 1. The Kier molecular flexibility index (Phi) is 76.4. The highest BCUT2D eigenvalue weighted by atomic mass is 31.2. The highest BCUT2D eigenvalue weighted by Crippen LogP contribution is 2.45. The van der Waals surface area contributed by atoms with Gasteiger partial charge in [-0.3, -0.25) is 37.3 Å². The maximum Gasteiger partial charge on any atom is 0.472 e. The lowest BCUT2D eigenvalue weighted by atomic mass is 10.0. The number of phosphoric acid groups is 2. The van der Waals surface area contributed by atoms with Crippen molar-refractivity contribution in [2.45, 2.75) is 457 Å². The minimum atomic E-state index is -4.97. The Labute approximate surface area is 643 Å². The molecule has 3 N–H and O–H groups in total. The van der Waals surface area contributed by atoms with Crippen LogP contribution < -0.4 is 0 Å². The van der Waals surface area contributed by atoms with Crippen molar-refractivity contribution in [3.05, 3.63) is 24.3 Å². The van der Waals surface area contributed by atoms with Gasteiger partial charge in [0.1, 0.15) is 19.3 Å². The quantitative estimate of drug-likeness (QED) is 0.0169. The van der Waals surface area contributed by atoms with Crippen LogP contribution in [0.2, 0.25) is 0 Å². The van der Waals surface area contributed by atoms with Gasteiger partial charge < -0.3 is 33.8 Å². The van der Waals surface area contributed by atoms with E-state index in [1.54, 1.807) is 0 Å². The smallest absolute Gasteiger partial charge is 0.462 e. The minimum absolute atomic E-state index is 0.0858. The number of hydrogen-bond acceptors (Lipinski definition) is 15. The van der Waals surface area contributed by atoms with E-state index in [0.29, 0.717) is 25.7 Å².